The average molecular weight is 202 g/mol. The van der Waals surface area contributed by atoms with E-state index in [-0.39, 0.29) is 11.3 Å². The molecule has 0 aliphatic carbocycles. The van der Waals surface area contributed by atoms with Gasteiger partial charge in [-0.25, -0.2) is 0 Å². The predicted molar refractivity (Wildman–Crippen MR) is 48.1 cm³/mol. The second-order valence-electron chi connectivity index (χ2n) is 2.81. The summed E-state index contributed by atoms with van der Waals surface area (Å²) < 4.78 is 29.6. The Kier molecular flexibility index (Phi) is 2.58. The maximum atomic E-state index is 10.5. The summed E-state index contributed by atoms with van der Waals surface area (Å²) in [4.78, 5) is 0. The van der Waals surface area contributed by atoms with Gasteiger partial charge in [0.2, 0.25) is 0 Å². The third-order valence-electron chi connectivity index (χ3n) is 1.66. The van der Waals surface area contributed by atoms with E-state index in [4.69, 9.17) is 4.55 Å². The van der Waals surface area contributed by atoms with Gasteiger partial charge in [-0.1, -0.05) is 18.2 Å². The number of phenolic OH excluding ortho intramolecular Hbond substituents is 1. The Morgan fingerprint density at radius 2 is 2.00 bits per heavy atom. The largest absolute Gasteiger partial charge is 0.507 e. The lowest BCUT2D eigenvalue weighted by atomic mass is 10.1. The van der Waals surface area contributed by atoms with Gasteiger partial charge in [-0.15, -0.1) is 0 Å². The second-order valence-corrected chi connectivity index (χ2v) is 4.26. The molecule has 0 fully saturated rings. The van der Waals surface area contributed by atoms with Crippen LogP contribution in [0.2, 0.25) is 0 Å². The molecule has 0 heterocycles. The van der Waals surface area contributed by atoms with Crippen molar-refractivity contribution in [3.8, 4) is 5.75 Å². The van der Waals surface area contributed by atoms with Crippen LogP contribution in [0.3, 0.4) is 0 Å². The lowest BCUT2D eigenvalue weighted by Crippen LogP contribution is -2.02. The van der Waals surface area contributed by atoms with Crippen LogP contribution in [0.5, 0.6) is 5.75 Å². The fourth-order valence-electron chi connectivity index (χ4n) is 1.03. The third kappa shape index (κ3) is 2.71. The van der Waals surface area contributed by atoms with Gasteiger partial charge in [0, 0.05) is 5.56 Å². The zero-order valence-electron chi connectivity index (χ0n) is 7.06. The Hall–Kier alpha value is -1.07. The van der Waals surface area contributed by atoms with Crippen LogP contribution in [-0.2, 0) is 15.9 Å². The molecule has 0 bridgehead atoms. The molecule has 72 valence electrons. The minimum absolute atomic E-state index is 0.0832. The van der Waals surface area contributed by atoms with Gasteiger partial charge < -0.3 is 5.11 Å². The highest BCUT2D eigenvalue weighted by atomic mass is 32.2. The normalized spacial score (nSPS) is 11.5. The molecule has 0 aromatic heterocycles. The number of aromatic hydroxyl groups is 1. The summed E-state index contributed by atoms with van der Waals surface area (Å²) in [5.41, 5.74) is 0.795. The Bertz CT molecular complexity index is 408. The van der Waals surface area contributed by atoms with E-state index in [0.717, 1.165) is 0 Å². The van der Waals surface area contributed by atoms with E-state index in [1.54, 1.807) is 19.1 Å². The first-order valence-electron chi connectivity index (χ1n) is 3.63. The van der Waals surface area contributed by atoms with E-state index in [9.17, 15) is 13.5 Å². The summed E-state index contributed by atoms with van der Waals surface area (Å²) >= 11 is 0. The van der Waals surface area contributed by atoms with Crippen molar-refractivity contribution in [2.24, 2.45) is 0 Å². The van der Waals surface area contributed by atoms with E-state index >= 15 is 0 Å². The fourth-order valence-corrected chi connectivity index (χ4v) is 1.66. The minimum atomic E-state index is -4.08. The highest BCUT2D eigenvalue weighted by molar-refractivity contribution is 7.85. The third-order valence-corrected chi connectivity index (χ3v) is 2.34. The van der Waals surface area contributed by atoms with Crippen molar-refractivity contribution in [2.75, 3.05) is 0 Å². The van der Waals surface area contributed by atoms with E-state index in [2.05, 4.69) is 0 Å². The second kappa shape index (κ2) is 3.35. The van der Waals surface area contributed by atoms with E-state index in [1.807, 2.05) is 0 Å². The van der Waals surface area contributed by atoms with Gasteiger partial charge in [-0.2, -0.15) is 8.42 Å². The Morgan fingerprint density at radius 3 is 2.54 bits per heavy atom. The first kappa shape index (κ1) is 10.0. The highest BCUT2D eigenvalue weighted by Crippen LogP contribution is 2.22. The molecular weight excluding hydrogens is 192 g/mol. The van der Waals surface area contributed by atoms with Crippen LogP contribution in [0.4, 0.5) is 0 Å². The molecule has 0 spiro atoms. The summed E-state index contributed by atoms with van der Waals surface area (Å²) in [5.74, 6) is -0.638. The first-order chi connectivity index (χ1) is 5.90. The average Bonchev–Trinajstić information content (AvgIpc) is 1.96. The Balaban J connectivity index is 3.10. The van der Waals surface area contributed by atoms with Gasteiger partial charge in [0.05, 0.1) is 0 Å². The quantitative estimate of drug-likeness (QED) is 0.704. The van der Waals surface area contributed by atoms with Crippen molar-refractivity contribution in [3.05, 3.63) is 29.3 Å². The number of hydrogen-bond donors (Lipinski definition) is 2. The molecule has 1 aromatic carbocycles. The van der Waals surface area contributed by atoms with E-state index in [0.29, 0.717) is 5.56 Å². The standard InChI is InChI=1S/C8H10O4S/c1-6-3-2-4-7(8(6)9)5-13(10,11)12/h2-4,9H,5H2,1H3,(H,10,11,12). The van der Waals surface area contributed by atoms with Crippen LogP contribution in [0.15, 0.2) is 18.2 Å². The molecule has 4 nitrogen and oxygen atoms in total. The maximum absolute atomic E-state index is 10.5. The van der Waals surface area contributed by atoms with Gasteiger partial charge >= 0.3 is 0 Å². The summed E-state index contributed by atoms with van der Waals surface area (Å²) in [5, 5.41) is 9.39. The fraction of sp³-hybridized carbons (Fsp3) is 0.250. The minimum Gasteiger partial charge on any atom is -0.507 e. The summed E-state index contributed by atoms with van der Waals surface area (Å²) in [6.45, 7) is 1.66. The van der Waals surface area contributed by atoms with Crippen molar-refractivity contribution in [1.82, 2.24) is 0 Å². The van der Waals surface area contributed by atoms with Crippen LogP contribution >= 0.6 is 0 Å². The molecule has 0 atom stereocenters. The van der Waals surface area contributed by atoms with E-state index < -0.39 is 15.9 Å². The number of rotatable bonds is 2. The molecule has 0 aliphatic heterocycles. The Labute approximate surface area is 76.6 Å². The molecule has 2 N–H and O–H groups in total. The molecular formula is C8H10O4S. The molecule has 5 heteroatoms. The zero-order valence-corrected chi connectivity index (χ0v) is 7.87. The molecule has 13 heavy (non-hydrogen) atoms. The van der Waals surface area contributed by atoms with Crippen LogP contribution in [-0.4, -0.2) is 18.1 Å². The molecule has 0 saturated heterocycles. The van der Waals surface area contributed by atoms with Crippen molar-refractivity contribution in [1.29, 1.82) is 0 Å². The summed E-state index contributed by atoms with van der Waals surface area (Å²) in [6.07, 6.45) is 0. The first-order valence-corrected chi connectivity index (χ1v) is 5.23. The summed E-state index contributed by atoms with van der Waals surface area (Å²) in [7, 11) is -4.08. The van der Waals surface area contributed by atoms with Crippen LogP contribution in [0.1, 0.15) is 11.1 Å². The zero-order chi connectivity index (χ0) is 10.1. The van der Waals surface area contributed by atoms with Gasteiger partial charge in [0.1, 0.15) is 11.5 Å². The van der Waals surface area contributed by atoms with Crippen molar-refractivity contribution >= 4 is 10.1 Å². The molecule has 1 aromatic rings. The highest BCUT2D eigenvalue weighted by Gasteiger charge is 2.11. The van der Waals surface area contributed by atoms with E-state index in [1.165, 1.54) is 6.07 Å². The molecule has 0 unspecified atom stereocenters. The smallest absolute Gasteiger partial charge is 0.269 e. The molecule has 0 aliphatic rings. The predicted octanol–water partition coefficient (Wildman–Crippen LogP) is 1.09. The van der Waals surface area contributed by atoms with Crippen molar-refractivity contribution in [3.63, 3.8) is 0 Å². The van der Waals surface area contributed by atoms with Crippen LogP contribution in [0.25, 0.3) is 0 Å². The van der Waals surface area contributed by atoms with Gasteiger partial charge in [-0.3, -0.25) is 4.55 Å². The number of hydrogen-bond acceptors (Lipinski definition) is 3. The van der Waals surface area contributed by atoms with Crippen molar-refractivity contribution < 1.29 is 18.1 Å². The number of phenols is 1. The molecule has 1 rings (SSSR count). The van der Waals surface area contributed by atoms with Crippen LogP contribution < -0.4 is 0 Å². The Morgan fingerprint density at radius 1 is 1.38 bits per heavy atom. The van der Waals surface area contributed by atoms with Gasteiger partial charge in [0.25, 0.3) is 10.1 Å². The maximum Gasteiger partial charge on any atom is 0.269 e. The molecule has 0 amide bonds. The lowest BCUT2D eigenvalue weighted by Gasteiger charge is -2.04. The molecule has 0 radical (unpaired) electrons. The van der Waals surface area contributed by atoms with Gasteiger partial charge in [-0.05, 0) is 12.5 Å². The number of aryl methyl sites for hydroxylation is 1. The topological polar surface area (TPSA) is 74.6 Å². The lowest BCUT2D eigenvalue weighted by molar-refractivity contribution is 0.458. The number of para-hydroxylation sites is 1. The number of benzene rings is 1. The van der Waals surface area contributed by atoms with Gasteiger partial charge in [0.15, 0.2) is 0 Å². The monoisotopic (exact) mass is 202 g/mol. The van der Waals surface area contributed by atoms with Crippen LogP contribution in [0, 0.1) is 6.92 Å². The van der Waals surface area contributed by atoms with Crippen molar-refractivity contribution in [2.45, 2.75) is 12.7 Å². The summed E-state index contributed by atoms with van der Waals surface area (Å²) in [6, 6.07) is 4.73. The molecule has 0 saturated carbocycles. The SMILES string of the molecule is Cc1cccc(CS(=O)(=O)O)c1O.